The van der Waals surface area contributed by atoms with Gasteiger partial charge in [0.05, 0.1) is 21.5 Å². The molecule has 0 radical (unpaired) electrons. The largest absolute Gasteiger partial charge is 0.319 e. The second-order valence-corrected chi connectivity index (χ2v) is 11.8. The SMILES string of the molecule is CNC[C@@H](CCCS(=O)(=O)N1CC2(CCNCC2)c2ccccc21)c1ccc(Cl)c(Cl)c1. The van der Waals surface area contributed by atoms with Crippen molar-refractivity contribution in [3.8, 4) is 0 Å². The van der Waals surface area contributed by atoms with Crippen LogP contribution < -0.4 is 14.9 Å². The molecule has 0 saturated carbocycles. The molecule has 0 aromatic heterocycles. The number of sulfonamides is 1. The second kappa shape index (κ2) is 9.90. The fourth-order valence-electron chi connectivity index (χ4n) is 5.19. The monoisotopic (exact) mass is 495 g/mol. The number of fused-ring (bicyclic) bond motifs is 2. The molecule has 0 aliphatic carbocycles. The van der Waals surface area contributed by atoms with E-state index < -0.39 is 10.0 Å². The molecule has 2 N–H and O–H groups in total. The number of hydrogen-bond donors (Lipinski definition) is 2. The van der Waals surface area contributed by atoms with E-state index in [-0.39, 0.29) is 17.1 Å². The fraction of sp³-hybridized carbons (Fsp3) is 0.500. The van der Waals surface area contributed by atoms with E-state index in [4.69, 9.17) is 23.2 Å². The van der Waals surface area contributed by atoms with Crippen LogP contribution in [0.5, 0.6) is 0 Å². The smallest absolute Gasteiger partial charge is 0.235 e. The number of halogens is 2. The Hall–Kier alpha value is -1.31. The van der Waals surface area contributed by atoms with E-state index in [9.17, 15) is 8.42 Å². The number of benzene rings is 2. The summed E-state index contributed by atoms with van der Waals surface area (Å²) in [4.78, 5) is 0. The van der Waals surface area contributed by atoms with Crippen LogP contribution in [0.4, 0.5) is 5.69 Å². The molecule has 0 bridgehead atoms. The Morgan fingerprint density at radius 2 is 1.88 bits per heavy atom. The minimum absolute atomic E-state index is 0.0658. The predicted molar refractivity (Wildman–Crippen MR) is 134 cm³/mol. The number of hydrogen-bond acceptors (Lipinski definition) is 4. The first-order chi connectivity index (χ1) is 15.4. The van der Waals surface area contributed by atoms with Gasteiger partial charge in [-0.1, -0.05) is 47.5 Å². The van der Waals surface area contributed by atoms with Crippen LogP contribution in [0.1, 0.15) is 42.7 Å². The summed E-state index contributed by atoms with van der Waals surface area (Å²) in [7, 11) is -1.51. The van der Waals surface area contributed by atoms with Crippen LogP contribution in [0.3, 0.4) is 0 Å². The molecule has 1 spiro atoms. The third-order valence-electron chi connectivity index (χ3n) is 6.91. The Morgan fingerprint density at radius 1 is 1.12 bits per heavy atom. The molecule has 5 nitrogen and oxygen atoms in total. The van der Waals surface area contributed by atoms with Crippen molar-refractivity contribution in [1.29, 1.82) is 0 Å². The van der Waals surface area contributed by atoms with Crippen LogP contribution in [0, 0.1) is 0 Å². The maximum atomic E-state index is 13.5. The van der Waals surface area contributed by atoms with Gasteiger partial charge in [0, 0.05) is 18.5 Å². The molecule has 2 aliphatic heterocycles. The van der Waals surface area contributed by atoms with Gasteiger partial charge in [-0.25, -0.2) is 8.42 Å². The lowest BCUT2D eigenvalue weighted by Gasteiger charge is -2.34. The molecule has 2 heterocycles. The van der Waals surface area contributed by atoms with E-state index in [0.717, 1.165) is 50.1 Å². The molecule has 2 aliphatic rings. The summed E-state index contributed by atoms with van der Waals surface area (Å²) in [5, 5.41) is 7.68. The van der Waals surface area contributed by atoms with Gasteiger partial charge in [0.25, 0.3) is 0 Å². The molecule has 1 atom stereocenters. The molecular formula is C24H31Cl2N3O2S. The number of likely N-dealkylation sites (N-methyl/N-ethyl adjacent to an activating group) is 1. The summed E-state index contributed by atoms with van der Waals surface area (Å²) in [5.74, 6) is 0.309. The average Bonchev–Trinajstić information content (AvgIpc) is 3.10. The van der Waals surface area contributed by atoms with Crippen molar-refractivity contribution in [3.63, 3.8) is 0 Å². The molecule has 4 rings (SSSR count). The highest BCUT2D eigenvalue weighted by Gasteiger charge is 2.46. The maximum Gasteiger partial charge on any atom is 0.235 e. The van der Waals surface area contributed by atoms with Gasteiger partial charge < -0.3 is 10.6 Å². The van der Waals surface area contributed by atoms with Crippen LogP contribution in [0.2, 0.25) is 10.0 Å². The molecular weight excluding hydrogens is 465 g/mol. The minimum Gasteiger partial charge on any atom is -0.319 e. The molecule has 0 amide bonds. The van der Waals surface area contributed by atoms with Crippen molar-refractivity contribution >= 4 is 38.9 Å². The van der Waals surface area contributed by atoms with Crippen molar-refractivity contribution in [1.82, 2.24) is 10.6 Å². The van der Waals surface area contributed by atoms with Crippen molar-refractivity contribution < 1.29 is 8.42 Å². The lowest BCUT2D eigenvalue weighted by molar-refractivity contribution is 0.330. The number of piperidine rings is 1. The van der Waals surface area contributed by atoms with Gasteiger partial charge in [-0.2, -0.15) is 0 Å². The van der Waals surface area contributed by atoms with E-state index in [2.05, 4.69) is 16.7 Å². The number of nitrogens with zero attached hydrogens (tertiary/aromatic N) is 1. The summed E-state index contributed by atoms with van der Waals surface area (Å²) in [6.45, 7) is 3.17. The lowest BCUT2D eigenvalue weighted by Crippen LogP contribution is -2.44. The molecule has 2 aromatic carbocycles. The zero-order chi connectivity index (χ0) is 22.8. The van der Waals surface area contributed by atoms with Crippen LogP contribution in [0.25, 0.3) is 0 Å². The van der Waals surface area contributed by atoms with Crippen molar-refractivity contribution in [3.05, 3.63) is 63.6 Å². The topological polar surface area (TPSA) is 61.4 Å². The van der Waals surface area contributed by atoms with Crippen LogP contribution in [0.15, 0.2) is 42.5 Å². The normalized spacial score (nSPS) is 18.7. The minimum atomic E-state index is -3.41. The molecule has 8 heteroatoms. The maximum absolute atomic E-state index is 13.5. The van der Waals surface area contributed by atoms with Gasteiger partial charge in [-0.05, 0) is 81.1 Å². The van der Waals surface area contributed by atoms with E-state index in [0.29, 0.717) is 23.0 Å². The van der Waals surface area contributed by atoms with Crippen LogP contribution >= 0.6 is 23.2 Å². The Bertz CT molecular complexity index is 1050. The van der Waals surface area contributed by atoms with Gasteiger partial charge in [0.15, 0.2) is 0 Å². The quantitative estimate of drug-likeness (QED) is 0.563. The van der Waals surface area contributed by atoms with Crippen molar-refractivity contribution in [2.75, 3.05) is 43.3 Å². The Labute approximate surface area is 201 Å². The van der Waals surface area contributed by atoms with Crippen LogP contribution in [-0.4, -0.2) is 47.4 Å². The zero-order valence-electron chi connectivity index (χ0n) is 18.4. The molecule has 32 heavy (non-hydrogen) atoms. The summed E-state index contributed by atoms with van der Waals surface area (Å²) in [5.41, 5.74) is 3.06. The molecule has 0 unspecified atom stereocenters. The standard InChI is InChI=1S/C24H31Cl2N3O2S/c1-27-16-19(18-8-9-21(25)22(26)15-18)5-4-14-32(30,31)29-17-24(10-12-28-13-11-24)20-6-2-3-7-23(20)29/h2-3,6-9,15,19,27-28H,4-5,10-14,16-17H2,1H3/t19-/m1/s1. The number of anilines is 1. The fourth-order valence-corrected chi connectivity index (χ4v) is 7.15. The third-order valence-corrected chi connectivity index (χ3v) is 9.45. The van der Waals surface area contributed by atoms with Crippen molar-refractivity contribution in [2.45, 2.75) is 37.0 Å². The summed E-state index contributed by atoms with van der Waals surface area (Å²) in [6.07, 6.45) is 3.28. The van der Waals surface area contributed by atoms with Gasteiger partial charge in [0.1, 0.15) is 0 Å². The highest BCUT2D eigenvalue weighted by Crippen LogP contribution is 2.47. The first-order valence-electron chi connectivity index (χ1n) is 11.3. The van der Waals surface area contributed by atoms with Crippen molar-refractivity contribution in [2.24, 2.45) is 0 Å². The highest BCUT2D eigenvalue weighted by atomic mass is 35.5. The Balaban J connectivity index is 1.47. The summed E-state index contributed by atoms with van der Waals surface area (Å²) in [6, 6.07) is 13.7. The third kappa shape index (κ3) is 4.80. The Kier molecular flexibility index (Phi) is 7.37. The highest BCUT2D eigenvalue weighted by molar-refractivity contribution is 7.92. The first-order valence-corrected chi connectivity index (χ1v) is 13.6. The molecule has 174 valence electrons. The molecule has 1 fully saturated rings. The molecule has 1 saturated heterocycles. The zero-order valence-corrected chi connectivity index (χ0v) is 20.7. The average molecular weight is 497 g/mol. The van der Waals surface area contributed by atoms with E-state index >= 15 is 0 Å². The van der Waals surface area contributed by atoms with E-state index in [1.165, 1.54) is 5.56 Å². The second-order valence-electron chi connectivity index (χ2n) is 8.94. The predicted octanol–water partition coefficient (Wildman–Crippen LogP) is 4.55. The first kappa shape index (κ1) is 23.8. The Morgan fingerprint density at radius 3 is 2.59 bits per heavy atom. The van der Waals surface area contributed by atoms with E-state index in [1.54, 1.807) is 10.4 Å². The van der Waals surface area contributed by atoms with Gasteiger partial charge >= 0.3 is 0 Å². The summed E-state index contributed by atoms with van der Waals surface area (Å²) < 4.78 is 28.6. The van der Waals surface area contributed by atoms with Crippen LogP contribution in [-0.2, 0) is 15.4 Å². The van der Waals surface area contributed by atoms with Gasteiger partial charge in [-0.15, -0.1) is 0 Å². The van der Waals surface area contributed by atoms with Gasteiger partial charge in [0.2, 0.25) is 10.0 Å². The number of nitrogens with one attached hydrogen (secondary N) is 2. The summed E-state index contributed by atoms with van der Waals surface area (Å²) >= 11 is 12.3. The number of para-hydroxylation sites is 1. The van der Waals surface area contributed by atoms with E-state index in [1.807, 2.05) is 37.4 Å². The molecule has 2 aromatic rings. The van der Waals surface area contributed by atoms with Gasteiger partial charge in [-0.3, -0.25) is 4.31 Å². The lowest BCUT2D eigenvalue weighted by atomic mass is 9.75. The number of rotatable bonds is 8.